The average Bonchev–Trinajstić information content (AvgIpc) is 3.38. The van der Waals surface area contributed by atoms with E-state index in [1.165, 1.54) is 19.3 Å². The molecule has 0 unspecified atom stereocenters. The number of carbonyl (C=O) groups is 1. The van der Waals surface area contributed by atoms with Gasteiger partial charge in [0.25, 0.3) is 5.91 Å². The Hall–Kier alpha value is -2.68. The van der Waals surface area contributed by atoms with E-state index >= 15 is 0 Å². The van der Waals surface area contributed by atoms with E-state index in [0.717, 1.165) is 37.7 Å². The third kappa shape index (κ3) is 5.51. The minimum Gasteiger partial charge on any atom is -0.497 e. The lowest BCUT2D eigenvalue weighted by atomic mass is 9.93. The van der Waals surface area contributed by atoms with Crippen molar-refractivity contribution in [3.8, 4) is 5.75 Å². The molecule has 0 saturated heterocycles. The molecule has 34 heavy (non-hydrogen) atoms. The van der Waals surface area contributed by atoms with Crippen molar-refractivity contribution in [3.63, 3.8) is 0 Å². The highest BCUT2D eigenvalue weighted by Crippen LogP contribution is 2.29. The van der Waals surface area contributed by atoms with Crippen LogP contribution in [0.1, 0.15) is 74.3 Å². The second kappa shape index (κ2) is 11.2. The van der Waals surface area contributed by atoms with Crippen LogP contribution in [-0.2, 0) is 6.54 Å². The van der Waals surface area contributed by atoms with Crippen LogP contribution in [0, 0.1) is 0 Å². The maximum atomic E-state index is 13.3. The van der Waals surface area contributed by atoms with E-state index in [0.29, 0.717) is 47.8 Å². The summed E-state index contributed by atoms with van der Waals surface area (Å²) in [5.41, 5.74) is 8.39. The lowest BCUT2D eigenvalue weighted by molar-refractivity contribution is 0.0948. The predicted molar refractivity (Wildman–Crippen MR) is 137 cm³/mol. The van der Waals surface area contributed by atoms with Crippen LogP contribution in [-0.4, -0.2) is 55.1 Å². The second-order valence-electron chi connectivity index (χ2n) is 9.48. The quantitative estimate of drug-likeness (QED) is 0.425. The van der Waals surface area contributed by atoms with Gasteiger partial charge in [0.15, 0.2) is 11.5 Å². The van der Waals surface area contributed by atoms with Gasteiger partial charge in [-0.2, -0.15) is 4.98 Å². The van der Waals surface area contributed by atoms with Crippen molar-refractivity contribution in [3.05, 3.63) is 29.5 Å². The lowest BCUT2D eigenvalue weighted by Crippen LogP contribution is -2.36. The molecule has 2 saturated carbocycles. The Kier molecular flexibility index (Phi) is 8.03. The van der Waals surface area contributed by atoms with Crippen LogP contribution in [0.25, 0.3) is 0 Å². The van der Waals surface area contributed by atoms with Gasteiger partial charge in [0, 0.05) is 24.7 Å². The number of nitrogens with zero attached hydrogens (tertiary/aromatic N) is 2. The van der Waals surface area contributed by atoms with Crippen molar-refractivity contribution in [1.29, 1.82) is 0 Å². The molecule has 182 valence electrons. The molecule has 8 nitrogen and oxygen atoms in total. The van der Waals surface area contributed by atoms with Crippen LogP contribution in [0.4, 0.5) is 11.8 Å². The summed E-state index contributed by atoms with van der Waals surface area (Å²) >= 11 is 0. The van der Waals surface area contributed by atoms with E-state index in [-0.39, 0.29) is 18.0 Å². The molecular weight excluding hydrogens is 427 g/mol. The van der Waals surface area contributed by atoms with Crippen LogP contribution in [0.2, 0.25) is 0 Å². The van der Waals surface area contributed by atoms with Gasteiger partial charge in [0.1, 0.15) is 13.6 Å². The molecule has 1 heterocycles. The molecule has 2 atom stereocenters. The molecule has 2 aliphatic rings. The average molecular weight is 464 g/mol. The maximum absolute atomic E-state index is 13.3. The van der Waals surface area contributed by atoms with E-state index in [2.05, 4.69) is 16.0 Å². The first-order valence-corrected chi connectivity index (χ1v) is 12.6. The van der Waals surface area contributed by atoms with Gasteiger partial charge in [-0.3, -0.25) is 9.36 Å². The number of hydrogen-bond acceptors (Lipinski definition) is 6. The summed E-state index contributed by atoms with van der Waals surface area (Å²) in [6, 6.07) is 6.24. The summed E-state index contributed by atoms with van der Waals surface area (Å²) in [4.78, 5) is 18.2. The van der Waals surface area contributed by atoms with Gasteiger partial charge in [0.2, 0.25) is 5.95 Å². The van der Waals surface area contributed by atoms with Gasteiger partial charge in [-0.1, -0.05) is 36.9 Å². The zero-order chi connectivity index (χ0) is 24.1. The van der Waals surface area contributed by atoms with Gasteiger partial charge in [0.05, 0.1) is 13.7 Å². The smallest absolute Gasteiger partial charge is 0.271 e. The van der Waals surface area contributed by atoms with Crippen molar-refractivity contribution < 1.29 is 9.53 Å². The van der Waals surface area contributed by atoms with Crippen LogP contribution in [0.3, 0.4) is 0 Å². The number of methoxy groups -OCH3 is 1. The molecule has 0 aliphatic heterocycles. The third-order valence-corrected chi connectivity index (χ3v) is 6.98. The highest BCUT2D eigenvalue weighted by molar-refractivity contribution is 6.34. The molecule has 5 N–H and O–H groups in total. The highest BCUT2D eigenvalue weighted by atomic mass is 16.5. The molecule has 1 aromatic heterocycles. The number of ether oxygens (including phenoxy) is 1. The molecular formula is C25H37BN6O2. The monoisotopic (exact) mass is 464 g/mol. The number of anilines is 2. The van der Waals surface area contributed by atoms with E-state index in [1.807, 2.05) is 29.7 Å². The molecule has 0 spiro atoms. The van der Waals surface area contributed by atoms with E-state index in [4.69, 9.17) is 23.3 Å². The van der Waals surface area contributed by atoms with Gasteiger partial charge >= 0.3 is 0 Å². The van der Waals surface area contributed by atoms with Crippen molar-refractivity contribution in [2.24, 2.45) is 5.73 Å². The summed E-state index contributed by atoms with van der Waals surface area (Å²) < 4.78 is 7.29. The molecule has 0 bridgehead atoms. The Balaban J connectivity index is 1.73. The van der Waals surface area contributed by atoms with E-state index in [9.17, 15) is 4.79 Å². The summed E-state index contributed by atoms with van der Waals surface area (Å²) in [7, 11) is 7.78. The normalized spacial score (nSPS) is 20.8. The van der Waals surface area contributed by atoms with Gasteiger partial charge in [-0.15, -0.1) is 0 Å². The fraction of sp³-hybridized carbons (Fsp3) is 0.600. The van der Waals surface area contributed by atoms with E-state index in [1.54, 1.807) is 7.11 Å². The predicted octanol–water partition coefficient (Wildman–Crippen LogP) is 2.52. The van der Waals surface area contributed by atoms with Crippen LogP contribution in [0.5, 0.6) is 5.75 Å². The number of amides is 1. The topological polar surface area (TPSA) is 106 Å². The molecule has 1 aromatic carbocycles. The summed E-state index contributed by atoms with van der Waals surface area (Å²) in [5.74, 6) is 1.78. The zero-order valence-electron chi connectivity index (χ0n) is 20.4. The van der Waals surface area contributed by atoms with Gasteiger partial charge in [-0.25, -0.2) is 0 Å². The summed E-state index contributed by atoms with van der Waals surface area (Å²) in [6.07, 6.45) is 8.93. The number of carbonyl (C=O) groups excluding carboxylic acids is 1. The Morgan fingerprint density at radius 2 is 1.97 bits per heavy atom. The first kappa shape index (κ1) is 24.4. The molecule has 2 fully saturated rings. The van der Waals surface area contributed by atoms with Crippen molar-refractivity contribution in [1.82, 2.24) is 14.9 Å². The first-order valence-electron chi connectivity index (χ1n) is 12.6. The van der Waals surface area contributed by atoms with Crippen molar-refractivity contribution in [2.45, 2.75) is 83.0 Å². The van der Waals surface area contributed by atoms with Crippen molar-refractivity contribution in [2.75, 3.05) is 24.3 Å². The minimum atomic E-state index is -0.151. The number of hydrogen-bond donors (Lipinski definition) is 4. The third-order valence-electron chi connectivity index (χ3n) is 6.98. The molecule has 2 radical (unpaired) electrons. The standard InChI is InChI=1S/C25H37BN6O2/c1-3-28-24(33)22-23(30-20-11-7-10-19(20)27)31-25(29-17-8-5-4-6-9-17)32(22)15-16-12-13-21(34-2)18(26)14-16/h12-14,17,19-20,30H,3-11,15,27H2,1-2H3,(H,28,33)(H,29,31)/t19-,20+/m1/s1. The molecule has 2 aromatic rings. The first-order chi connectivity index (χ1) is 16.5. The highest BCUT2D eigenvalue weighted by Gasteiger charge is 2.30. The van der Waals surface area contributed by atoms with Crippen LogP contribution < -0.4 is 31.9 Å². The Labute approximate surface area is 203 Å². The largest absolute Gasteiger partial charge is 0.497 e. The summed E-state index contributed by atoms with van der Waals surface area (Å²) in [6.45, 7) is 2.92. The SMILES string of the molecule is [B]c1cc(Cn2c(NC3CCCCC3)nc(N[C@H]3CCC[C@H]3N)c2C(=O)NCC)ccc1OC. The Bertz CT molecular complexity index is 988. The Morgan fingerprint density at radius 1 is 1.18 bits per heavy atom. The van der Waals surface area contributed by atoms with Crippen molar-refractivity contribution >= 4 is 31.0 Å². The zero-order valence-corrected chi connectivity index (χ0v) is 20.4. The minimum absolute atomic E-state index is 0.0587. The number of imidazole rings is 1. The molecule has 2 aliphatic carbocycles. The number of nitrogens with two attached hydrogens (primary N) is 1. The number of benzene rings is 1. The van der Waals surface area contributed by atoms with Crippen LogP contribution >= 0.6 is 0 Å². The second-order valence-corrected chi connectivity index (χ2v) is 9.48. The lowest BCUT2D eigenvalue weighted by Gasteiger charge is -2.24. The van der Waals surface area contributed by atoms with Gasteiger partial charge < -0.3 is 26.4 Å². The molecule has 9 heteroatoms. The number of aromatic nitrogens is 2. The summed E-state index contributed by atoms with van der Waals surface area (Å²) in [5, 5.41) is 10.1. The molecule has 4 rings (SSSR count). The van der Waals surface area contributed by atoms with E-state index < -0.39 is 0 Å². The van der Waals surface area contributed by atoms with Crippen LogP contribution in [0.15, 0.2) is 18.2 Å². The Morgan fingerprint density at radius 3 is 2.62 bits per heavy atom. The van der Waals surface area contributed by atoms with Gasteiger partial charge in [-0.05, 0) is 50.7 Å². The maximum Gasteiger partial charge on any atom is 0.271 e. The fourth-order valence-corrected chi connectivity index (χ4v) is 5.13. The number of nitrogens with one attached hydrogen (secondary N) is 3. The number of rotatable bonds is 9. The molecule has 1 amide bonds. The fourth-order valence-electron chi connectivity index (χ4n) is 5.13.